The number of hydrogen-bond acceptors (Lipinski definition) is 3. The van der Waals surface area contributed by atoms with Crippen LogP contribution in [0, 0.1) is 5.92 Å². The summed E-state index contributed by atoms with van der Waals surface area (Å²) in [5.41, 5.74) is 4.03. The molecule has 1 saturated heterocycles. The fourth-order valence-corrected chi connectivity index (χ4v) is 4.70. The molecule has 1 fully saturated rings. The number of nitrogens with zero attached hydrogens (tertiary/aromatic N) is 3. The summed E-state index contributed by atoms with van der Waals surface area (Å²) in [4.78, 5) is 20.2. The Morgan fingerprint density at radius 2 is 1.75 bits per heavy atom. The average molecular weight is 489 g/mol. The maximum atomic E-state index is 12.9. The zero-order chi connectivity index (χ0) is 21.9. The van der Waals surface area contributed by atoms with Crippen molar-refractivity contribution in [3.8, 4) is 5.69 Å². The van der Waals surface area contributed by atoms with Gasteiger partial charge in [-0.25, -0.2) is 4.98 Å². The molecule has 5 rings (SSSR count). The molecular formula is C26H25BrN4O. The molecule has 5 nitrogen and oxygen atoms in total. The number of para-hydroxylation sites is 3. The lowest BCUT2D eigenvalue weighted by Gasteiger charge is -2.31. The van der Waals surface area contributed by atoms with E-state index in [2.05, 4.69) is 67.1 Å². The summed E-state index contributed by atoms with van der Waals surface area (Å²) in [7, 11) is 0. The summed E-state index contributed by atoms with van der Waals surface area (Å²) in [5.74, 6) is 1.08. The highest BCUT2D eigenvalue weighted by molar-refractivity contribution is 9.10. The van der Waals surface area contributed by atoms with Gasteiger partial charge in [-0.15, -0.1) is 0 Å². The lowest BCUT2D eigenvalue weighted by Crippen LogP contribution is -2.40. The topological polar surface area (TPSA) is 50.2 Å². The monoisotopic (exact) mass is 488 g/mol. The molecule has 1 atom stereocenters. The molecule has 0 aliphatic carbocycles. The van der Waals surface area contributed by atoms with Crippen molar-refractivity contribution in [2.45, 2.75) is 19.4 Å². The van der Waals surface area contributed by atoms with Gasteiger partial charge in [0, 0.05) is 22.4 Å². The van der Waals surface area contributed by atoms with E-state index in [4.69, 9.17) is 4.98 Å². The van der Waals surface area contributed by atoms with E-state index in [0.29, 0.717) is 6.54 Å². The molecule has 0 spiro atoms. The summed E-state index contributed by atoms with van der Waals surface area (Å²) >= 11 is 3.53. The highest BCUT2D eigenvalue weighted by atomic mass is 79.9. The van der Waals surface area contributed by atoms with E-state index in [0.717, 1.165) is 58.6 Å². The number of imidazole rings is 1. The van der Waals surface area contributed by atoms with Crippen molar-refractivity contribution in [2.24, 2.45) is 5.92 Å². The first-order valence-corrected chi connectivity index (χ1v) is 11.8. The molecule has 6 heteroatoms. The molecule has 1 N–H and O–H groups in total. The van der Waals surface area contributed by atoms with Crippen LogP contribution >= 0.6 is 15.9 Å². The Labute approximate surface area is 196 Å². The van der Waals surface area contributed by atoms with Gasteiger partial charge in [-0.2, -0.15) is 0 Å². The molecule has 0 unspecified atom stereocenters. The van der Waals surface area contributed by atoms with Crippen LogP contribution in [-0.4, -0.2) is 33.4 Å². The van der Waals surface area contributed by atoms with E-state index in [1.165, 1.54) is 0 Å². The molecule has 0 saturated carbocycles. The van der Waals surface area contributed by atoms with Gasteiger partial charge in [0.2, 0.25) is 5.91 Å². The first-order chi connectivity index (χ1) is 15.7. The summed E-state index contributed by atoms with van der Waals surface area (Å²) in [6.07, 6.45) is 1.92. The molecule has 2 heterocycles. The number of rotatable bonds is 5. The lowest BCUT2D eigenvalue weighted by atomic mass is 9.97. The zero-order valence-corrected chi connectivity index (χ0v) is 19.3. The number of aromatic nitrogens is 2. The number of hydrogen-bond donors (Lipinski definition) is 1. The van der Waals surface area contributed by atoms with Crippen LogP contribution in [0.5, 0.6) is 0 Å². The van der Waals surface area contributed by atoms with Crippen LogP contribution in [0.4, 0.5) is 5.69 Å². The number of piperidine rings is 1. The van der Waals surface area contributed by atoms with Crippen LogP contribution in [0.2, 0.25) is 0 Å². The average Bonchev–Trinajstić information content (AvgIpc) is 3.18. The summed E-state index contributed by atoms with van der Waals surface area (Å²) in [5, 5.41) is 3.07. The molecule has 1 amide bonds. The van der Waals surface area contributed by atoms with Gasteiger partial charge in [-0.3, -0.25) is 14.3 Å². The van der Waals surface area contributed by atoms with Crippen LogP contribution in [-0.2, 0) is 11.3 Å². The Balaban J connectivity index is 1.37. The van der Waals surface area contributed by atoms with Gasteiger partial charge in [0.05, 0.1) is 23.5 Å². The first kappa shape index (κ1) is 20.9. The molecule has 1 aromatic heterocycles. The summed E-state index contributed by atoms with van der Waals surface area (Å²) in [6, 6.07) is 26.3. The molecule has 4 aromatic rings. The van der Waals surface area contributed by atoms with Gasteiger partial charge < -0.3 is 5.32 Å². The molecular weight excluding hydrogens is 464 g/mol. The highest BCUT2D eigenvalue weighted by Gasteiger charge is 2.27. The normalized spacial score (nSPS) is 16.8. The van der Waals surface area contributed by atoms with E-state index in [1.807, 2.05) is 42.5 Å². The number of fused-ring (bicyclic) bond motifs is 1. The summed E-state index contributed by atoms with van der Waals surface area (Å²) < 4.78 is 3.28. The fraction of sp³-hybridized carbons (Fsp3) is 0.231. The van der Waals surface area contributed by atoms with Gasteiger partial charge in [0.25, 0.3) is 0 Å². The number of anilines is 1. The van der Waals surface area contributed by atoms with E-state index in [1.54, 1.807) is 0 Å². The number of halogens is 1. The molecule has 0 radical (unpaired) electrons. The Bertz CT molecular complexity index is 1220. The van der Waals surface area contributed by atoms with Gasteiger partial charge >= 0.3 is 0 Å². The minimum atomic E-state index is -0.0190. The van der Waals surface area contributed by atoms with Crippen LogP contribution < -0.4 is 5.32 Å². The van der Waals surface area contributed by atoms with E-state index in [-0.39, 0.29) is 11.8 Å². The number of carbonyl (C=O) groups excluding carboxylic acids is 1. The largest absolute Gasteiger partial charge is 0.326 e. The Morgan fingerprint density at radius 1 is 1.00 bits per heavy atom. The second-order valence-electron chi connectivity index (χ2n) is 8.26. The van der Waals surface area contributed by atoms with E-state index >= 15 is 0 Å². The van der Waals surface area contributed by atoms with Crippen LogP contribution in [0.1, 0.15) is 18.7 Å². The Kier molecular flexibility index (Phi) is 6.06. The molecule has 162 valence electrons. The highest BCUT2D eigenvalue weighted by Crippen LogP contribution is 2.26. The molecule has 1 aliphatic rings. The van der Waals surface area contributed by atoms with Crippen LogP contribution in [0.15, 0.2) is 83.3 Å². The second kappa shape index (κ2) is 9.27. The van der Waals surface area contributed by atoms with Gasteiger partial charge in [0.15, 0.2) is 0 Å². The third-order valence-electron chi connectivity index (χ3n) is 6.00. The third-order valence-corrected chi connectivity index (χ3v) is 6.53. The predicted octanol–water partition coefficient (Wildman–Crippen LogP) is 5.64. The fourth-order valence-electron chi connectivity index (χ4n) is 4.44. The molecule has 1 aliphatic heterocycles. The lowest BCUT2D eigenvalue weighted by molar-refractivity contribution is -0.121. The van der Waals surface area contributed by atoms with Crippen molar-refractivity contribution in [2.75, 3.05) is 18.4 Å². The minimum absolute atomic E-state index is 0.0190. The molecule has 0 bridgehead atoms. The van der Waals surface area contributed by atoms with Crippen molar-refractivity contribution in [1.82, 2.24) is 14.5 Å². The standard InChI is InChI=1S/C26H25BrN4O/c27-20-12-14-22(15-13-20)31-24-11-5-4-10-23(24)29-25(31)18-30-16-6-7-19(17-30)26(32)28-21-8-2-1-3-9-21/h1-5,8-15,19H,6-7,16-18H2,(H,28,32)/t19-/m0/s1. The molecule has 3 aromatic carbocycles. The van der Waals surface area contributed by atoms with Crippen molar-refractivity contribution in [1.29, 1.82) is 0 Å². The summed E-state index contributed by atoms with van der Waals surface area (Å²) in [6.45, 7) is 2.42. The van der Waals surface area contributed by atoms with Crippen molar-refractivity contribution < 1.29 is 4.79 Å². The maximum Gasteiger partial charge on any atom is 0.228 e. The van der Waals surface area contributed by atoms with Crippen molar-refractivity contribution >= 4 is 38.6 Å². The number of amides is 1. The number of nitrogens with one attached hydrogen (secondary N) is 1. The molecule has 32 heavy (non-hydrogen) atoms. The number of benzene rings is 3. The number of likely N-dealkylation sites (tertiary alicyclic amines) is 1. The Hall–Kier alpha value is -2.96. The third kappa shape index (κ3) is 4.47. The van der Waals surface area contributed by atoms with E-state index < -0.39 is 0 Å². The van der Waals surface area contributed by atoms with Gasteiger partial charge in [-0.1, -0.05) is 46.3 Å². The van der Waals surface area contributed by atoms with E-state index in [9.17, 15) is 4.79 Å². The first-order valence-electron chi connectivity index (χ1n) is 11.0. The van der Waals surface area contributed by atoms with Gasteiger partial charge in [0.1, 0.15) is 5.82 Å². The van der Waals surface area contributed by atoms with Crippen LogP contribution in [0.3, 0.4) is 0 Å². The second-order valence-corrected chi connectivity index (χ2v) is 9.17. The minimum Gasteiger partial charge on any atom is -0.326 e. The quantitative estimate of drug-likeness (QED) is 0.395. The van der Waals surface area contributed by atoms with Crippen LogP contribution in [0.25, 0.3) is 16.7 Å². The van der Waals surface area contributed by atoms with Crippen molar-refractivity contribution in [3.63, 3.8) is 0 Å². The van der Waals surface area contributed by atoms with Crippen molar-refractivity contribution in [3.05, 3.63) is 89.2 Å². The Morgan fingerprint density at radius 3 is 2.56 bits per heavy atom. The van der Waals surface area contributed by atoms with Gasteiger partial charge in [-0.05, 0) is 67.9 Å². The smallest absolute Gasteiger partial charge is 0.228 e. The number of carbonyl (C=O) groups is 1. The predicted molar refractivity (Wildman–Crippen MR) is 132 cm³/mol. The SMILES string of the molecule is O=C(Nc1ccccc1)[C@H]1CCCN(Cc2nc3ccccc3n2-c2ccc(Br)cc2)C1. The zero-order valence-electron chi connectivity index (χ0n) is 17.7. The maximum absolute atomic E-state index is 12.9.